The van der Waals surface area contributed by atoms with Gasteiger partial charge in [-0.2, -0.15) is 5.10 Å². The smallest absolute Gasteiger partial charge is 0.272 e. The molecule has 2 N–H and O–H groups in total. The highest BCUT2D eigenvalue weighted by molar-refractivity contribution is 5.80. The van der Waals surface area contributed by atoms with Crippen LogP contribution in [-0.2, 0) is 4.79 Å². The molecule has 2 atom stereocenters. The van der Waals surface area contributed by atoms with E-state index in [-0.39, 0.29) is 17.5 Å². The molecule has 8 heteroatoms. The number of carbonyl (C=O) groups excluding carboxylic acids is 1. The molecule has 3 heterocycles. The summed E-state index contributed by atoms with van der Waals surface area (Å²) in [5.41, 5.74) is 2.60. The molecule has 0 saturated carbocycles. The standard InChI is InChI=1S/C16H20N6O2/c1-9-7-14-19-13(8-15(23)22(14)20-9)11(3)18-16(24)12(4)21-10(2)5-6-17-21/h5-8,11-12,20H,1-4H3,(H,18,24)/t11-,12-/m1/s1. The van der Waals surface area contributed by atoms with E-state index in [4.69, 9.17) is 0 Å². The molecule has 0 aromatic carbocycles. The van der Waals surface area contributed by atoms with Crippen LogP contribution in [0.2, 0.25) is 0 Å². The summed E-state index contributed by atoms with van der Waals surface area (Å²) < 4.78 is 3.03. The number of aromatic amines is 1. The Morgan fingerprint density at radius 1 is 1.29 bits per heavy atom. The zero-order valence-corrected chi connectivity index (χ0v) is 14.1. The van der Waals surface area contributed by atoms with Gasteiger partial charge in [0.1, 0.15) is 6.04 Å². The Bertz CT molecular complexity index is 951. The second-order valence-corrected chi connectivity index (χ2v) is 5.98. The SMILES string of the molecule is Cc1cc2nc([C@@H](C)NC(=O)[C@@H](C)n3nccc3C)cc(=O)n2[nH]1. The number of aromatic nitrogens is 5. The summed E-state index contributed by atoms with van der Waals surface area (Å²) in [6.45, 7) is 7.33. The molecule has 0 bridgehead atoms. The van der Waals surface area contributed by atoms with E-state index in [1.807, 2.05) is 19.9 Å². The number of nitrogens with one attached hydrogen (secondary N) is 2. The average Bonchev–Trinajstić information content (AvgIpc) is 3.11. The molecule has 8 nitrogen and oxygen atoms in total. The number of carbonyl (C=O) groups is 1. The van der Waals surface area contributed by atoms with Gasteiger partial charge in [-0.05, 0) is 33.8 Å². The number of hydrogen-bond acceptors (Lipinski definition) is 4. The highest BCUT2D eigenvalue weighted by atomic mass is 16.2. The molecule has 0 saturated heterocycles. The molecule has 0 aliphatic carbocycles. The number of fused-ring (bicyclic) bond motifs is 1. The van der Waals surface area contributed by atoms with Gasteiger partial charge in [0.15, 0.2) is 5.65 Å². The van der Waals surface area contributed by atoms with Crippen LogP contribution in [0.4, 0.5) is 0 Å². The van der Waals surface area contributed by atoms with Gasteiger partial charge in [-0.15, -0.1) is 0 Å². The van der Waals surface area contributed by atoms with Gasteiger partial charge in [-0.1, -0.05) is 0 Å². The molecule has 0 radical (unpaired) electrons. The first-order chi connectivity index (χ1) is 11.4. The molecule has 24 heavy (non-hydrogen) atoms. The Morgan fingerprint density at radius 3 is 2.71 bits per heavy atom. The molecular formula is C16H20N6O2. The Hall–Kier alpha value is -2.90. The van der Waals surface area contributed by atoms with E-state index in [1.54, 1.807) is 30.8 Å². The fourth-order valence-corrected chi connectivity index (χ4v) is 2.66. The van der Waals surface area contributed by atoms with Gasteiger partial charge >= 0.3 is 0 Å². The number of rotatable bonds is 4. The van der Waals surface area contributed by atoms with Crippen molar-refractivity contribution in [3.8, 4) is 0 Å². The van der Waals surface area contributed by atoms with Crippen molar-refractivity contribution in [1.29, 1.82) is 0 Å². The van der Waals surface area contributed by atoms with E-state index >= 15 is 0 Å². The highest BCUT2D eigenvalue weighted by Crippen LogP contribution is 2.13. The topological polar surface area (TPSA) is 97.1 Å². The summed E-state index contributed by atoms with van der Waals surface area (Å²) in [5.74, 6) is -0.179. The van der Waals surface area contributed by atoms with Crippen molar-refractivity contribution in [2.45, 2.75) is 39.8 Å². The molecule has 0 aliphatic heterocycles. The van der Waals surface area contributed by atoms with Crippen molar-refractivity contribution in [1.82, 2.24) is 29.7 Å². The fraction of sp³-hybridized carbons (Fsp3) is 0.375. The predicted molar refractivity (Wildman–Crippen MR) is 88.8 cm³/mol. The average molecular weight is 328 g/mol. The second kappa shape index (κ2) is 5.95. The first kappa shape index (κ1) is 16.0. The normalized spacial score (nSPS) is 13.8. The van der Waals surface area contributed by atoms with Crippen LogP contribution in [-0.4, -0.2) is 30.3 Å². The highest BCUT2D eigenvalue weighted by Gasteiger charge is 2.20. The van der Waals surface area contributed by atoms with Crippen molar-refractivity contribution in [3.63, 3.8) is 0 Å². The molecule has 3 rings (SSSR count). The summed E-state index contributed by atoms with van der Waals surface area (Å²) in [4.78, 5) is 29.0. The number of hydrogen-bond donors (Lipinski definition) is 2. The number of nitrogens with zero attached hydrogens (tertiary/aromatic N) is 4. The molecule has 0 aliphatic rings. The first-order valence-electron chi connectivity index (χ1n) is 7.76. The predicted octanol–water partition coefficient (Wildman–Crippen LogP) is 1.27. The summed E-state index contributed by atoms with van der Waals surface area (Å²) >= 11 is 0. The minimum Gasteiger partial charge on any atom is -0.346 e. The van der Waals surface area contributed by atoms with Gasteiger partial charge in [-0.3, -0.25) is 19.4 Å². The van der Waals surface area contributed by atoms with Crippen LogP contribution in [0.3, 0.4) is 0 Å². The lowest BCUT2D eigenvalue weighted by molar-refractivity contribution is -0.124. The van der Waals surface area contributed by atoms with E-state index in [1.165, 1.54) is 10.6 Å². The molecular weight excluding hydrogens is 308 g/mol. The number of H-pyrrole nitrogens is 1. The van der Waals surface area contributed by atoms with Crippen molar-refractivity contribution in [2.24, 2.45) is 0 Å². The first-order valence-corrected chi connectivity index (χ1v) is 7.76. The van der Waals surface area contributed by atoms with E-state index in [2.05, 4.69) is 20.5 Å². The lowest BCUT2D eigenvalue weighted by Gasteiger charge is -2.18. The van der Waals surface area contributed by atoms with E-state index in [0.717, 1.165) is 11.4 Å². The third kappa shape index (κ3) is 2.82. The fourth-order valence-electron chi connectivity index (χ4n) is 2.66. The molecule has 3 aromatic heterocycles. The maximum absolute atomic E-state index is 12.4. The minimum atomic E-state index is -0.443. The van der Waals surface area contributed by atoms with Crippen LogP contribution in [0, 0.1) is 13.8 Å². The quantitative estimate of drug-likeness (QED) is 0.754. The Balaban J connectivity index is 1.82. The lowest BCUT2D eigenvalue weighted by atomic mass is 10.2. The van der Waals surface area contributed by atoms with Gasteiger partial charge in [-0.25, -0.2) is 9.50 Å². The summed E-state index contributed by atoms with van der Waals surface area (Å²) in [6, 6.07) is 4.23. The van der Waals surface area contributed by atoms with Gasteiger partial charge in [0, 0.05) is 29.7 Å². The molecule has 3 aromatic rings. The van der Waals surface area contributed by atoms with Gasteiger partial charge < -0.3 is 5.32 Å². The van der Waals surface area contributed by atoms with Crippen LogP contribution in [0.1, 0.15) is 43.0 Å². The number of aryl methyl sites for hydroxylation is 2. The molecule has 0 fully saturated rings. The Kier molecular flexibility index (Phi) is 3.96. The Labute approximate surface area is 138 Å². The van der Waals surface area contributed by atoms with Crippen LogP contribution in [0.15, 0.2) is 29.2 Å². The minimum absolute atomic E-state index is 0.179. The number of amides is 1. The van der Waals surface area contributed by atoms with Crippen molar-refractivity contribution < 1.29 is 4.79 Å². The van der Waals surface area contributed by atoms with Crippen LogP contribution >= 0.6 is 0 Å². The van der Waals surface area contributed by atoms with Crippen LogP contribution in [0.5, 0.6) is 0 Å². The summed E-state index contributed by atoms with van der Waals surface area (Å²) in [5, 5.41) is 9.97. The Morgan fingerprint density at radius 2 is 2.04 bits per heavy atom. The van der Waals surface area contributed by atoms with Crippen molar-refractivity contribution >= 4 is 11.6 Å². The maximum Gasteiger partial charge on any atom is 0.272 e. The maximum atomic E-state index is 12.4. The molecule has 0 spiro atoms. The molecule has 0 unspecified atom stereocenters. The zero-order chi connectivity index (χ0) is 17.4. The van der Waals surface area contributed by atoms with E-state index in [9.17, 15) is 9.59 Å². The van der Waals surface area contributed by atoms with Gasteiger partial charge in [0.25, 0.3) is 5.56 Å². The summed E-state index contributed by atoms with van der Waals surface area (Å²) in [7, 11) is 0. The largest absolute Gasteiger partial charge is 0.346 e. The van der Waals surface area contributed by atoms with Crippen molar-refractivity contribution in [2.75, 3.05) is 0 Å². The van der Waals surface area contributed by atoms with Crippen LogP contribution in [0.25, 0.3) is 5.65 Å². The van der Waals surface area contributed by atoms with Crippen LogP contribution < -0.4 is 10.9 Å². The van der Waals surface area contributed by atoms with Crippen molar-refractivity contribution in [3.05, 3.63) is 51.8 Å². The second-order valence-electron chi connectivity index (χ2n) is 5.98. The van der Waals surface area contributed by atoms with Gasteiger partial charge in [0.2, 0.25) is 5.91 Å². The third-order valence-electron chi connectivity index (χ3n) is 4.02. The third-order valence-corrected chi connectivity index (χ3v) is 4.02. The van der Waals surface area contributed by atoms with E-state index < -0.39 is 6.04 Å². The zero-order valence-electron chi connectivity index (χ0n) is 14.1. The van der Waals surface area contributed by atoms with Gasteiger partial charge in [0.05, 0.1) is 11.7 Å². The molecule has 1 amide bonds. The molecule has 126 valence electrons. The summed E-state index contributed by atoms with van der Waals surface area (Å²) in [6.07, 6.45) is 1.66. The van der Waals surface area contributed by atoms with E-state index in [0.29, 0.717) is 11.3 Å². The lowest BCUT2D eigenvalue weighted by Crippen LogP contribution is -2.34. The monoisotopic (exact) mass is 328 g/mol.